The van der Waals surface area contributed by atoms with Gasteiger partial charge in [-0.05, 0) is 0 Å². The summed E-state index contributed by atoms with van der Waals surface area (Å²) in [5.41, 5.74) is 0. The van der Waals surface area contributed by atoms with Gasteiger partial charge in [0.1, 0.15) is 0 Å². The Bertz CT molecular complexity index is 137. The van der Waals surface area contributed by atoms with E-state index in [0.717, 1.165) is 13.1 Å². The molecule has 0 aromatic heterocycles. The smallest absolute Gasteiger partial charge is 0.335 e. The van der Waals surface area contributed by atoms with Crippen LogP contribution in [-0.4, -0.2) is 35.3 Å². The second kappa shape index (κ2) is 2.98. The zero-order valence-electron chi connectivity index (χ0n) is 5.91. The fraction of sp³-hybridized carbons (Fsp3) is 0.833. The molecule has 1 unspecified atom stereocenters. The normalized spacial score (nSPS) is 27.1. The first-order chi connectivity index (χ1) is 4.74. The van der Waals surface area contributed by atoms with Crippen LogP contribution in [0.3, 0.4) is 0 Å². The quantitative estimate of drug-likeness (QED) is 0.598. The van der Waals surface area contributed by atoms with Crippen LogP contribution in [0.25, 0.3) is 0 Å². The Balaban J connectivity index is 2.35. The first-order valence-electron chi connectivity index (χ1n) is 3.38. The molecule has 1 aliphatic heterocycles. The molecule has 0 aromatic rings. The molecule has 0 amide bonds. The zero-order valence-corrected chi connectivity index (χ0v) is 5.91. The molecule has 1 N–H and O–H groups in total. The van der Waals surface area contributed by atoms with Gasteiger partial charge < -0.3 is 5.11 Å². The van der Waals surface area contributed by atoms with Crippen molar-refractivity contribution in [2.75, 3.05) is 13.1 Å². The summed E-state index contributed by atoms with van der Waals surface area (Å²) >= 11 is 0. The molecule has 4 heteroatoms. The topological polar surface area (TPSA) is 49.8 Å². The van der Waals surface area contributed by atoms with Crippen molar-refractivity contribution >= 4 is 5.97 Å². The molecule has 1 aliphatic rings. The fourth-order valence-electron chi connectivity index (χ4n) is 0.948. The summed E-state index contributed by atoms with van der Waals surface area (Å²) in [5.74, 6) is -0.865. The van der Waals surface area contributed by atoms with Gasteiger partial charge in [-0.25, -0.2) is 4.79 Å². The summed E-state index contributed by atoms with van der Waals surface area (Å²) in [7, 11) is 0. The van der Waals surface area contributed by atoms with E-state index in [1.54, 1.807) is 5.06 Å². The summed E-state index contributed by atoms with van der Waals surface area (Å²) in [4.78, 5) is 15.3. The Morgan fingerprint density at radius 2 is 2.60 bits per heavy atom. The van der Waals surface area contributed by atoms with Crippen molar-refractivity contribution in [2.24, 2.45) is 0 Å². The van der Waals surface area contributed by atoms with E-state index in [1.807, 2.05) is 6.92 Å². The maximum atomic E-state index is 10.3. The predicted octanol–water partition coefficient (Wildman–Crippen LogP) is 0.0968. The number of rotatable bonds is 2. The Morgan fingerprint density at radius 3 is 2.90 bits per heavy atom. The van der Waals surface area contributed by atoms with Gasteiger partial charge in [0.25, 0.3) is 0 Å². The molecule has 1 saturated heterocycles. The molecule has 4 nitrogen and oxygen atoms in total. The van der Waals surface area contributed by atoms with Crippen molar-refractivity contribution in [2.45, 2.75) is 19.4 Å². The average Bonchev–Trinajstić information content (AvgIpc) is 2.34. The molecule has 0 saturated carbocycles. The van der Waals surface area contributed by atoms with E-state index >= 15 is 0 Å². The number of carboxylic acids is 1. The maximum Gasteiger partial charge on any atom is 0.335 e. The Hall–Kier alpha value is -0.610. The van der Waals surface area contributed by atoms with E-state index in [0.29, 0.717) is 6.42 Å². The molecule has 0 bridgehead atoms. The summed E-state index contributed by atoms with van der Waals surface area (Å²) in [6, 6.07) is 0. The lowest BCUT2D eigenvalue weighted by Crippen LogP contribution is -2.23. The van der Waals surface area contributed by atoms with E-state index in [-0.39, 0.29) is 0 Å². The van der Waals surface area contributed by atoms with Crippen LogP contribution in [0.5, 0.6) is 0 Å². The molecule has 58 valence electrons. The third kappa shape index (κ3) is 1.46. The number of carboxylic acid groups (broad SMARTS) is 1. The molecule has 10 heavy (non-hydrogen) atoms. The van der Waals surface area contributed by atoms with E-state index in [9.17, 15) is 4.79 Å². The number of hydrogen-bond donors (Lipinski definition) is 1. The molecule has 1 atom stereocenters. The SMILES string of the molecule is CCN1CCC(C(=O)O)O1. The van der Waals surface area contributed by atoms with Crippen LogP contribution in [0.4, 0.5) is 0 Å². The second-order valence-electron chi connectivity index (χ2n) is 2.24. The molecule has 0 aromatic carbocycles. The largest absolute Gasteiger partial charge is 0.479 e. The fourth-order valence-corrected chi connectivity index (χ4v) is 0.948. The minimum absolute atomic E-state index is 0.600. The van der Waals surface area contributed by atoms with Gasteiger partial charge in [-0.3, -0.25) is 4.84 Å². The number of nitrogens with zero attached hydrogens (tertiary/aromatic N) is 1. The van der Waals surface area contributed by atoms with Crippen molar-refractivity contribution < 1.29 is 14.7 Å². The Morgan fingerprint density at radius 1 is 1.90 bits per heavy atom. The maximum absolute atomic E-state index is 10.3. The summed E-state index contributed by atoms with van der Waals surface area (Å²) in [5, 5.41) is 10.1. The van der Waals surface area contributed by atoms with Gasteiger partial charge in [-0.2, -0.15) is 5.06 Å². The van der Waals surface area contributed by atoms with Crippen molar-refractivity contribution in [1.29, 1.82) is 0 Å². The molecule has 0 radical (unpaired) electrons. The van der Waals surface area contributed by atoms with Gasteiger partial charge in [0.05, 0.1) is 0 Å². The van der Waals surface area contributed by atoms with Crippen molar-refractivity contribution in [3.8, 4) is 0 Å². The first kappa shape index (κ1) is 7.50. The van der Waals surface area contributed by atoms with Crippen LogP contribution < -0.4 is 0 Å². The average molecular weight is 145 g/mol. The van der Waals surface area contributed by atoms with E-state index in [2.05, 4.69) is 0 Å². The minimum Gasteiger partial charge on any atom is -0.479 e. The second-order valence-corrected chi connectivity index (χ2v) is 2.24. The van der Waals surface area contributed by atoms with Crippen LogP contribution >= 0.6 is 0 Å². The lowest BCUT2D eigenvalue weighted by molar-refractivity contribution is -0.176. The van der Waals surface area contributed by atoms with Gasteiger partial charge in [0.2, 0.25) is 0 Å². The van der Waals surface area contributed by atoms with Crippen LogP contribution in [0.15, 0.2) is 0 Å². The highest BCUT2D eigenvalue weighted by Gasteiger charge is 2.27. The van der Waals surface area contributed by atoms with Crippen LogP contribution in [0, 0.1) is 0 Å². The summed E-state index contributed by atoms with van der Waals surface area (Å²) in [6.45, 7) is 3.42. The van der Waals surface area contributed by atoms with Crippen molar-refractivity contribution in [3.63, 3.8) is 0 Å². The Labute approximate surface area is 59.3 Å². The van der Waals surface area contributed by atoms with Gasteiger partial charge in [-0.1, -0.05) is 6.92 Å². The molecule has 1 heterocycles. The lowest BCUT2D eigenvalue weighted by Gasteiger charge is -2.10. The van der Waals surface area contributed by atoms with Crippen molar-refractivity contribution in [1.82, 2.24) is 5.06 Å². The van der Waals surface area contributed by atoms with Crippen LogP contribution in [0.2, 0.25) is 0 Å². The molecule has 0 aliphatic carbocycles. The standard InChI is InChI=1S/C6H11NO3/c1-2-7-4-3-5(10-7)6(8)9/h5H,2-4H2,1H3,(H,8,9). The zero-order chi connectivity index (χ0) is 7.56. The predicted molar refractivity (Wildman–Crippen MR) is 34.4 cm³/mol. The van der Waals surface area contributed by atoms with Gasteiger partial charge in [-0.15, -0.1) is 0 Å². The Kier molecular flexibility index (Phi) is 2.24. The lowest BCUT2D eigenvalue weighted by atomic mass is 10.3. The van der Waals surface area contributed by atoms with Gasteiger partial charge in [0, 0.05) is 19.5 Å². The van der Waals surface area contributed by atoms with Crippen LogP contribution in [0.1, 0.15) is 13.3 Å². The number of hydroxylamine groups is 2. The highest BCUT2D eigenvalue weighted by Crippen LogP contribution is 2.12. The van der Waals surface area contributed by atoms with Gasteiger partial charge in [0.15, 0.2) is 6.10 Å². The van der Waals surface area contributed by atoms with Crippen LogP contribution in [-0.2, 0) is 9.63 Å². The molecular weight excluding hydrogens is 134 g/mol. The third-order valence-electron chi connectivity index (χ3n) is 1.55. The molecule has 1 fully saturated rings. The van der Waals surface area contributed by atoms with Gasteiger partial charge >= 0.3 is 5.97 Å². The molecule has 1 rings (SSSR count). The van der Waals surface area contributed by atoms with Crippen molar-refractivity contribution in [3.05, 3.63) is 0 Å². The summed E-state index contributed by atoms with van der Waals surface area (Å²) < 4.78 is 0. The number of hydrogen-bond acceptors (Lipinski definition) is 3. The van der Waals surface area contributed by atoms with E-state index < -0.39 is 12.1 Å². The van der Waals surface area contributed by atoms with E-state index in [1.165, 1.54) is 0 Å². The number of carbonyl (C=O) groups is 1. The first-order valence-corrected chi connectivity index (χ1v) is 3.38. The number of aliphatic carboxylic acids is 1. The minimum atomic E-state index is -0.865. The van der Waals surface area contributed by atoms with E-state index in [4.69, 9.17) is 9.94 Å². The summed E-state index contributed by atoms with van der Waals surface area (Å²) in [6.07, 6.45) is -0.0108. The monoisotopic (exact) mass is 145 g/mol. The highest BCUT2D eigenvalue weighted by molar-refractivity contribution is 5.72. The molecule has 0 spiro atoms. The third-order valence-corrected chi connectivity index (χ3v) is 1.55. The highest BCUT2D eigenvalue weighted by atomic mass is 16.7. The molecular formula is C6H11NO3.